The molecule has 0 spiro atoms. The molecule has 7 rings (SSSR count). The molecule has 0 unspecified atom stereocenters. The molecule has 46 heavy (non-hydrogen) atoms. The van der Waals surface area contributed by atoms with Gasteiger partial charge in [-0.3, -0.25) is 14.7 Å². The van der Waals surface area contributed by atoms with E-state index in [1.54, 1.807) is 36.5 Å². The standard InChI is InChI=1S/C36H37ClFN7O/c37-27-10-13-29-31(22-27)34(30-6-1-2-7-32(30)38)39-23-26-24-40-36(42-33(26)29)41-28-11-8-25(9-12-28)35(46)45-20-18-44(19-21-45)17-5-16-43-14-3-4-15-43/h1-2,6-13,22,24H,3-5,14-21,23H2,(H,40,41,42). The Morgan fingerprint density at radius 2 is 1.59 bits per heavy atom. The number of carbonyl (C=O) groups excluding carboxylic acids is 1. The summed E-state index contributed by atoms with van der Waals surface area (Å²) in [5, 5.41) is 3.81. The maximum absolute atomic E-state index is 14.8. The SMILES string of the molecule is O=C(c1ccc(Nc2ncc3c(n2)-c2ccc(Cl)cc2C(c2ccccc2F)=NC3)cc1)N1CCN(CCCN2CCCC2)CC1. The van der Waals surface area contributed by atoms with Crippen molar-refractivity contribution >= 4 is 34.9 Å². The van der Waals surface area contributed by atoms with Gasteiger partial charge in [0.1, 0.15) is 5.82 Å². The number of fused-ring (bicyclic) bond motifs is 3. The summed E-state index contributed by atoms with van der Waals surface area (Å²) in [5.74, 6) is 0.124. The fourth-order valence-electron chi connectivity index (χ4n) is 6.57. The zero-order chi connectivity index (χ0) is 31.5. The molecule has 0 bridgehead atoms. The first kappa shape index (κ1) is 30.5. The molecule has 8 nitrogen and oxygen atoms in total. The highest BCUT2D eigenvalue weighted by atomic mass is 35.5. The molecule has 3 aromatic carbocycles. The van der Waals surface area contributed by atoms with Crippen molar-refractivity contribution in [3.05, 3.63) is 106 Å². The van der Waals surface area contributed by atoms with Gasteiger partial charge < -0.3 is 15.1 Å². The van der Waals surface area contributed by atoms with E-state index in [1.807, 2.05) is 35.2 Å². The normalized spacial score (nSPS) is 16.8. The van der Waals surface area contributed by atoms with Gasteiger partial charge in [0.2, 0.25) is 5.95 Å². The third-order valence-corrected chi connectivity index (χ3v) is 9.32. The van der Waals surface area contributed by atoms with Gasteiger partial charge in [0.05, 0.1) is 18.0 Å². The minimum absolute atomic E-state index is 0.0606. The first-order valence-corrected chi connectivity index (χ1v) is 16.5. The van der Waals surface area contributed by atoms with Crippen LogP contribution in [0.1, 0.15) is 46.3 Å². The quantitative estimate of drug-likeness (QED) is 0.245. The van der Waals surface area contributed by atoms with Crippen LogP contribution in [-0.2, 0) is 6.54 Å². The van der Waals surface area contributed by atoms with Crippen LogP contribution in [0.2, 0.25) is 5.02 Å². The minimum Gasteiger partial charge on any atom is -0.336 e. The van der Waals surface area contributed by atoms with Crippen molar-refractivity contribution in [2.75, 3.05) is 57.7 Å². The summed E-state index contributed by atoms with van der Waals surface area (Å²) in [4.78, 5) is 34.4. The summed E-state index contributed by atoms with van der Waals surface area (Å²) < 4.78 is 14.8. The Kier molecular flexibility index (Phi) is 9.05. The number of amides is 1. The maximum Gasteiger partial charge on any atom is 0.253 e. The van der Waals surface area contributed by atoms with Gasteiger partial charge in [0.25, 0.3) is 5.91 Å². The zero-order valence-corrected chi connectivity index (χ0v) is 26.5. The lowest BCUT2D eigenvalue weighted by Gasteiger charge is -2.35. The van der Waals surface area contributed by atoms with Crippen molar-refractivity contribution < 1.29 is 9.18 Å². The topological polar surface area (TPSA) is 77.0 Å². The second-order valence-corrected chi connectivity index (χ2v) is 12.6. The van der Waals surface area contributed by atoms with Crippen LogP contribution >= 0.6 is 11.6 Å². The van der Waals surface area contributed by atoms with Crippen LogP contribution in [0.15, 0.2) is 77.9 Å². The van der Waals surface area contributed by atoms with Crippen LogP contribution in [0.3, 0.4) is 0 Å². The molecule has 3 aliphatic heterocycles. The van der Waals surface area contributed by atoms with Crippen molar-refractivity contribution in [2.45, 2.75) is 25.8 Å². The number of carbonyl (C=O) groups is 1. The van der Waals surface area contributed by atoms with Gasteiger partial charge in [-0.1, -0.05) is 29.8 Å². The average Bonchev–Trinajstić information content (AvgIpc) is 3.55. The molecule has 0 atom stereocenters. The van der Waals surface area contributed by atoms with Gasteiger partial charge in [-0.2, -0.15) is 0 Å². The fourth-order valence-corrected chi connectivity index (χ4v) is 6.75. The number of nitrogens with zero attached hydrogens (tertiary/aromatic N) is 6. The Hall–Kier alpha value is -4.18. The molecular weight excluding hydrogens is 601 g/mol. The molecule has 1 N–H and O–H groups in total. The van der Waals surface area contributed by atoms with Crippen molar-refractivity contribution in [3.63, 3.8) is 0 Å². The highest BCUT2D eigenvalue weighted by Gasteiger charge is 2.24. The number of rotatable bonds is 8. The van der Waals surface area contributed by atoms with E-state index >= 15 is 0 Å². The van der Waals surface area contributed by atoms with Gasteiger partial charge in [-0.15, -0.1) is 0 Å². The van der Waals surface area contributed by atoms with Crippen molar-refractivity contribution in [2.24, 2.45) is 4.99 Å². The Morgan fingerprint density at radius 1 is 0.848 bits per heavy atom. The van der Waals surface area contributed by atoms with E-state index in [0.29, 0.717) is 45.6 Å². The molecule has 0 aliphatic carbocycles. The number of anilines is 2. The second-order valence-electron chi connectivity index (χ2n) is 12.1. The Morgan fingerprint density at radius 3 is 2.35 bits per heavy atom. The van der Waals surface area contributed by atoms with E-state index < -0.39 is 0 Å². The molecule has 236 valence electrons. The lowest BCUT2D eigenvalue weighted by Crippen LogP contribution is -2.49. The maximum atomic E-state index is 14.8. The third kappa shape index (κ3) is 6.67. The summed E-state index contributed by atoms with van der Waals surface area (Å²) in [6.07, 6.45) is 5.61. The highest BCUT2D eigenvalue weighted by Crippen LogP contribution is 2.34. The smallest absolute Gasteiger partial charge is 0.253 e. The molecule has 0 saturated carbocycles. The van der Waals surface area contributed by atoms with Crippen LogP contribution < -0.4 is 5.32 Å². The van der Waals surface area contributed by atoms with E-state index in [-0.39, 0.29) is 11.7 Å². The fraction of sp³-hybridized carbons (Fsp3) is 0.333. The van der Waals surface area contributed by atoms with Gasteiger partial charge in [0, 0.05) is 70.9 Å². The van der Waals surface area contributed by atoms with Gasteiger partial charge in [-0.25, -0.2) is 14.4 Å². The average molecular weight is 638 g/mol. The number of benzene rings is 3. The van der Waals surface area contributed by atoms with E-state index in [2.05, 4.69) is 20.1 Å². The minimum atomic E-state index is -0.348. The number of nitrogens with one attached hydrogen (secondary N) is 1. The molecule has 1 amide bonds. The first-order chi connectivity index (χ1) is 22.5. The number of likely N-dealkylation sites (tertiary alicyclic amines) is 1. The zero-order valence-electron chi connectivity index (χ0n) is 25.8. The highest BCUT2D eigenvalue weighted by molar-refractivity contribution is 6.31. The molecule has 1 aromatic heterocycles. The molecule has 0 radical (unpaired) electrons. The molecule has 4 aromatic rings. The summed E-state index contributed by atoms with van der Waals surface area (Å²) in [6, 6.07) is 19.6. The number of hydrogen-bond donors (Lipinski definition) is 1. The number of halogens is 2. The lowest BCUT2D eigenvalue weighted by molar-refractivity contribution is 0.0633. The first-order valence-electron chi connectivity index (χ1n) is 16.1. The lowest BCUT2D eigenvalue weighted by atomic mass is 9.95. The second kappa shape index (κ2) is 13.7. The number of aromatic nitrogens is 2. The largest absolute Gasteiger partial charge is 0.336 e. The third-order valence-electron chi connectivity index (χ3n) is 9.09. The molecule has 10 heteroatoms. The van der Waals surface area contributed by atoms with Crippen LogP contribution in [0, 0.1) is 5.82 Å². The molecule has 4 heterocycles. The van der Waals surface area contributed by atoms with Crippen LogP contribution in [0.5, 0.6) is 0 Å². The molecule has 2 fully saturated rings. The van der Waals surface area contributed by atoms with E-state index in [9.17, 15) is 9.18 Å². The number of piperazine rings is 1. The van der Waals surface area contributed by atoms with Crippen molar-refractivity contribution in [1.29, 1.82) is 0 Å². The van der Waals surface area contributed by atoms with E-state index in [1.165, 1.54) is 45.0 Å². The van der Waals surface area contributed by atoms with Crippen LogP contribution in [0.4, 0.5) is 16.0 Å². The summed E-state index contributed by atoms with van der Waals surface area (Å²) in [7, 11) is 0. The van der Waals surface area contributed by atoms with Crippen molar-refractivity contribution in [3.8, 4) is 11.3 Å². The van der Waals surface area contributed by atoms with E-state index in [4.69, 9.17) is 21.6 Å². The van der Waals surface area contributed by atoms with Crippen LogP contribution in [-0.4, -0.2) is 88.6 Å². The Balaban J connectivity index is 1.01. The molecular formula is C36H37ClFN7O. The van der Waals surface area contributed by atoms with Crippen LogP contribution in [0.25, 0.3) is 11.3 Å². The van der Waals surface area contributed by atoms with Gasteiger partial charge >= 0.3 is 0 Å². The van der Waals surface area contributed by atoms with Gasteiger partial charge in [-0.05, 0) is 94.0 Å². The number of aliphatic imine (C=N–C) groups is 1. The summed E-state index contributed by atoms with van der Waals surface area (Å²) >= 11 is 6.39. The summed E-state index contributed by atoms with van der Waals surface area (Å²) in [5.41, 5.74) is 5.43. The molecule has 2 saturated heterocycles. The predicted molar refractivity (Wildman–Crippen MR) is 181 cm³/mol. The predicted octanol–water partition coefficient (Wildman–Crippen LogP) is 6.27. The molecule has 3 aliphatic rings. The monoisotopic (exact) mass is 637 g/mol. The van der Waals surface area contributed by atoms with Gasteiger partial charge in [0.15, 0.2) is 0 Å². The van der Waals surface area contributed by atoms with Crippen molar-refractivity contribution in [1.82, 2.24) is 24.7 Å². The Bertz CT molecular complexity index is 1750. The van der Waals surface area contributed by atoms with E-state index in [0.717, 1.165) is 49.5 Å². The Labute approximate surface area is 273 Å². The summed E-state index contributed by atoms with van der Waals surface area (Å²) in [6.45, 7) is 8.42. The number of hydrogen-bond acceptors (Lipinski definition) is 7.